The highest BCUT2D eigenvalue weighted by Crippen LogP contribution is 2.37. The molecule has 1 aliphatic rings. The van der Waals surface area contributed by atoms with Crippen molar-refractivity contribution in [3.63, 3.8) is 0 Å². The molecule has 27 heavy (non-hydrogen) atoms. The maximum atomic E-state index is 11.9. The molecule has 0 spiro atoms. The van der Waals surface area contributed by atoms with Crippen LogP contribution >= 0.6 is 34.5 Å². The number of hydrogen-bond donors (Lipinski definition) is 0. The zero-order valence-corrected chi connectivity index (χ0v) is 16.8. The van der Waals surface area contributed by atoms with Crippen LogP contribution in [0.15, 0.2) is 23.7 Å². The van der Waals surface area contributed by atoms with Crippen molar-refractivity contribution in [3.05, 3.63) is 44.5 Å². The summed E-state index contributed by atoms with van der Waals surface area (Å²) in [6, 6.07) is 3.50. The Bertz CT molecular complexity index is 1010. The summed E-state index contributed by atoms with van der Waals surface area (Å²) in [5.41, 5.74) is 1.75. The second-order valence-electron chi connectivity index (χ2n) is 6.13. The number of ether oxygens (including phenoxy) is 1. The molecule has 1 aliphatic heterocycles. The Morgan fingerprint density at radius 1 is 1.30 bits per heavy atom. The number of carbonyl (C=O) groups is 1. The van der Waals surface area contributed by atoms with Crippen LogP contribution in [0, 0.1) is 0 Å². The Balaban J connectivity index is 1.64. The molecule has 2 aromatic heterocycles. The van der Waals surface area contributed by atoms with Gasteiger partial charge in [-0.3, -0.25) is 4.98 Å². The minimum absolute atomic E-state index is 0.0627. The molecule has 3 aromatic rings. The van der Waals surface area contributed by atoms with Gasteiger partial charge >= 0.3 is 5.97 Å². The van der Waals surface area contributed by atoms with Crippen LogP contribution in [0.1, 0.15) is 41.3 Å². The lowest BCUT2D eigenvalue weighted by molar-refractivity contribution is 0.0520. The molecular weight excluding hydrogens is 407 g/mol. The molecule has 0 radical (unpaired) electrons. The van der Waals surface area contributed by atoms with E-state index in [4.69, 9.17) is 32.9 Å². The molecule has 0 amide bonds. The van der Waals surface area contributed by atoms with E-state index in [1.54, 1.807) is 30.6 Å². The van der Waals surface area contributed by atoms with Gasteiger partial charge in [0.2, 0.25) is 0 Å². The van der Waals surface area contributed by atoms with Crippen molar-refractivity contribution in [3.8, 4) is 0 Å². The van der Waals surface area contributed by atoms with Gasteiger partial charge in [0.1, 0.15) is 10.8 Å². The standard InChI is InChI=1S/C18H16Cl2N4O2S/c1-2-26-18(25)14-9-27-17(23-14)15-4-3-5-24(15)16-8-21-12-6-10(19)11(20)7-13(12)22-16/h6-9,15H,2-5H2,1H3. The summed E-state index contributed by atoms with van der Waals surface area (Å²) in [6.45, 7) is 2.96. The quantitative estimate of drug-likeness (QED) is 0.556. The molecule has 0 aliphatic carbocycles. The summed E-state index contributed by atoms with van der Waals surface area (Å²) in [4.78, 5) is 27.7. The number of esters is 1. The predicted molar refractivity (Wildman–Crippen MR) is 107 cm³/mol. The molecule has 4 rings (SSSR count). The lowest BCUT2D eigenvalue weighted by atomic mass is 10.2. The van der Waals surface area contributed by atoms with E-state index in [-0.39, 0.29) is 12.0 Å². The van der Waals surface area contributed by atoms with Gasteiger partial charge < -0.3 is 9.64 Å². The Kier molecular flexibility index (Phi) is 5.16. The number of carbonyl (C=O) groups excluding carboxylic acids is 1. The number of rotatable bonds is 4. The van der Waals surface area contributed by atoms with Crippen LogP contribution < -0.4 is 4.90 Å². The monoisotopic (exact) mass is 422 g/mol. The largest absolute Gasteiger partial charge is 0.461 e. The smallest absolute Gasteiger partial charge is 0.357 e. The molecule has 6 nitrogen and oxygen atoms in total. The molecule has 1 aromatic carbocycles. The summed E-state index contributed by atoms with van der Waals surface area (Å²) in [5, 5.41) is 3.54. The predicted octanol–water partition coefficient (Wildman–Crippen LogP) is 4.91. The van der Waals surface area contributed by atoms with Gasteiger partial charge in [-0.25, -0.2) is 14.8 Å². The van der Waals surface area contributed by atoms with Gasteiger partial charge in [-0.2, -0.15) is 0 Å². The molecule has 140 valence electrons. The molecule has 1 saturated heterocycles. The van der Waals surface area contributed by atoms with E-state index in [1.807, 2.05) is 0 Å². The van der Waals surface area contributed by atoms with Crippen molar-refractivity contribution in [2.45, 2.75) is 25.8 Å². The van der Waals surface area contributed by atoms with E-state index in [1.165, 1.54) is 11.3 Å². The van der Waals surface area contributed by atoms with E-state index >= 15 is 0 Å². The average Bonchev–Trinajstić information content (AvgIpc) is 3.31. The van der Waals surface area contributed by atoms with Gasteiger partial charge in [-0.1, -0.05) is 23.2 Å². The maximum absolute atomic E-state index is 11.9. The zero-order chi connectivity index (χ0) is 19.0. The van der Waals surface area contributed by atoms with Crippen LogP contribution in [0.2, 0.25) is 10.0 Å². The van der Waals surface area contributed by atoms with E-state index in [0.717, 1.165) is 30.2 Å². The number of aromatic nitrogens is 3. The van der Waals surface area contributed by atoms with E-state index in [2.05, 4.69) is 14.9 Å². The lowest BCUT2D eigenvalue weighted by Crippen LogP contribution is -2.23. The molecule has 1 unspecified atom stereocenters. The highest BCUT2D eigenvalue weighted by Gasteiger charge is 2.30. The Hall–Kier alpha value is -1.96. The summed E-state index contributed by atoms with van der Waals surface area (Å²) >= 11 is 13.6. The first kappa shape index (κ1) is 18.4. The number of anilines is 1. The molecule has 3 heterocycles. The summed E-state index contributed by atoms with van der Waals surface area (Å²) in [5.74, 6) is 0.373. The first-order valence-corrected chi connectivity index (χ1v) is 10.2. The Morgan fingerprint density at radius 2 is 2.07 bits per heavy atom. The molecule has 0 N–H and O–H groups in total. The number of halogens is 2. The van der Waals surface area contributed by atoms with Crippen molar-refractivity contribution in [1.82, 2.24) is 15.0 Å². The molecule has 1 fully saturated rings. The number of thiazole rings is 1. The van der Waals surface area contributed by atoms with Crippen LogP contribution in [-0.2, 0) is 4.74 Å². The van der Waals surface area contributed by atoms with Gasteiger partial charge in [0.05, 0.1) is 39.9 Å². The first-order valence-electron chi connectivity index (χ1n) is 8.58. The van der Waals surface area contributed by atoms with Crippen molar-refractivity contribution >= 4 is 57.4 Å². The highest BCUT2D eigenvalue weighted by molar-refractivity contribution is 7.10. The molecule has 9 heteroatoms. The van der Waals surface area contributed by atoms with Gasteiger partial charge in [0.25, 0.3) is 0 Å². The Labute approximate surface area is 170 Å². The van der Waals surface area contributed by atoms with Crippen molar-refractivity contribution in [2.75, 3.05) is 18.1 Å². The number of benzene rings is 1. The van der Waals surface area contributed by atoms with E-state index in [0.29, 0.717) is 33.4 Å². The SMILES string of the molecule is CCOC(=O)c1csc(C2CCCN2c2cnc3cc(Cl)c(Cl)cc3n2)n1. The van der Waals surface area contributed by atoms with E-state index < -0.39 is 0 Å². The van der Waals surface area contributed by atoms with Crippen LogP contribution in [0.3, 0.4) is 0 Å². The third-order valence-electron chi connectivity index (χ3n) is 4.41. The summed E-state index contributed by atoms with van der Waals surface area (Å²) < 4.78 is 5.03. The van der Waals surface area contributed by atoms with E-state index in [9.17, 15) is 4.79 Å². The third kappa shape index (κ3) is 3.59. The van der Waals surface area contributed by atoms with Crippen LogP contribution in [-0.4, -0.2) is 34.1 Å². The lowest BCUT2D eigenvalue weighted by Gasteiger charge is -2.24. The minimum Gasteiger partial charge on any atom is -0.461 e. The van der Waals surface area contributed by atoms with Crippen LogP contribution in [0.5, 0.6) is 0 Å². The topological polar surface area (TPSA) is 68.2 Å². The highest BCUT2D eigenvalue weighted by atomic mass is 35.5. The number of fused-ring (bicyclic) bond motifs is 1. The second-order valence-corrected chi connectivity index (χ2v) is 7.83. The number of nitrogens with zero attached hydrogens (tertiary/aromatic N) is 4. The van der Waals surface area contributed by atoms with Crippen LogP contribution in [0.4, 0.5) is 5.82 Å². The molecular formula is C18H16Cl2N4O2S. The van der Waals surface area contributed by atoms with Gasteiger partial charge in [0.15, 0.2) is 5.69 Å². The second kappa shape index (κ2) is 7.58. The molecule has 0 saturated carbocycles. The maximum Gasteiger partial charge on any atom is 0.357 e. The Morgan fingerprint density at radius 3 is 2.85 bits per heavy atom. The van der Waals surface area contributed by atoms with Crippen molar-refractivity contribution < 1.29 is 9.53 Å². The fourth-order valence-electron chi connectivity index (χ4n) is 3.17. The first-order chi connectivity index (χ1) is 13.1. The zero-order valence-electron chi connectivity index (χ0n) is 14.5. The molecule has 0 bridgehead atoms. The number of hydrogen-bond acceptors (Lipinski definition) is 7. The fraction of sp³-hybridized carbons (Fsp3) is 0.333. The summed E-state index contributed by atoms with van der Waals surface area (Å²) in [7, 11) is 0. The normalized spacial score (nSPS) is 16.9. The fourth-order valence-corrected chi connectivity index (χ4v) is 4.42. The van der Waals surface area contributed by atoms with Crippen molar-refractivity contribution in [1.29, 1.82) is 0 Å². The third-order valence-corrected chi connectivity index (χ3v) is 6.08. The van der Waals surface area contributed by atoms with Gasteiger partial charge in [-0.15, -0.1) is 11.3 Å². The molecule has 1 atom stereocenters. The van der Waals surface area contributed by atoms with Gasteiger partial charge in [-0.05, 0) is 31.9 Å². The average molecular weight is 423 g/mol. The summed E-state index contributed by atoms with van der Waals surface area (Å²) in [6.07, 6.45) is 3.70. The van der Waals surface area contributed by atoms with Crippen LogP contribution in [0.25, 0.3) is 11.0 Å². The minimum atomic E-state index is -0.387. The van der Waals surface area contributed by atoms with Crippen molar-refractivity contribution in [2.24, 2.45) is 0 Å². The van der Waals surface area contributed by atoms with Gasteiger partial charge in [0, 0.05) is 11.9 Å².